The van der Waals surface area contributed by atoms with Gasteiger partial charge in [-0.15, -0.1) is 0 Å². The van der Waals surface area contributed by atoms with E-state index < -0.39 is 0 Å². The number of nitrogens with one attached hydrogen (secondary N) is 1. The van der Waals surface area contributed by atoms with E-state index in [1.54, 1.807) is 6.20 Å². The molecule has 1 atom stereocenters. The predicted molar refractivity (Wildman–Crippen MR) is 85.3 cm³/mol. The van der Waals surface area contributed by atoms with Gasteiger partial charge in [0.1, 0.15) is 0 Å². The molecule has 0 amide bonds. The molecule has 0 aliphatic heterocycles. The first kappa shape index (κ1) is 15.0. The van der Waals surface area contributed by atoms with Crippen LogP contribution in [0.25, 0.3) is 0 Å². The molecule has 20 heavy (non-hydrogen) atoms. The van der Waals surface area contributed by atoms with E-state index in [1.165, 1.54) is 16.7 Å². The molecule has 1 heterocycles. The molecular weight excluding hydrogens is 268 g/mol. The first-order chi connectivity index (χ1) is 9.60. The Kier molecular flexibility index (Phi) is 5.16. The highest BCUT2D eigenvalue weighted by Crippen LogP contribution is 2.21. The summed E-state index contributed by atoms with van der Waals surface area (Å²) in [6.45, 7) is 7.32. The number of likely N-dealkylation sites (N-methyl/N-ethyl adjacent to an activating group) is 1. The second-order valence-electron chi connectivity index (χ2n) is 5.15. The number of nitrogens with zero attached hydrogens (tertiary/aromatic N) is 1. The zero-order valence-electron chi connectivity index (χ0n) is 12.3. The zero-order chi connectivity index (χ0) is 14.5. The number of hydrogen-bond acceptors (Lipinski definition) is 2. The molecule has 0 saturated carbocycles. The van der Waals surface area contributed by atoms with Gasteiger partial charge in [0.05, 0.1) is 16.8 Å². The summed E-state index contributed by atoms with van der Waals surface area (Å²) in [5.41, 5.74) is 5.03. The summed E-state index contributed by atoms with van der Waals surface area (Å²) in [7, 11) is 0. The topological polar surface area (TPSA) is 24.9 Å². The van der Waals surface area contributed by atoms with Gasteiger partial charge in [0.2, 0.25) is 0 Å². The number of aryl methyl sites for hydroxylation is 2. The lowest BCUT2D eigenvalue weighted by molar-refractivity contribution is 0.535. The van der Waals surface area contributed by atoms with Gasteiger partial charge in [-0.2, -0.15) is 0 Å². The summed E-state index contributed by atoms with van der Waals surface area (Å²) in [4.78, 5) is 4.45. The molecule has 2 nitrogen and oxygen atoms in total. The third-order valence-corrected chi connectivity index (χ3v) is 3.71. The number of aromatic nitrogens is 1. The minimum atomic E-state index is 0.220. The molecule has 0 aliphatic rings. The lowest BCUT2D eigenvalue weighted by Crippen LogP contribution is -2.24. The minimum Gasteiger partial charge on any atom is -0.309 e. The van der Waals surface area contributed by atoms with E-state index in [0.717, 1.165) is 18.7 Å². The van der Waals surface area contributed by atoms with E-state index in [1.807, 2.05) is 12.1 Å². The number of benzene rings is 1. The minimum absolute atomic E-state index is 0.220. The second-order valence-corrected chi connectivity index (χ2v) is 5.58. The molecule has 1 aromatic heterocycles. The van der Waals surface area contributed by atoms with E-state index in [0.29, 0.717) is 5.02 Å². The van der Waals surface area contributed by atoms with Gasteiger partial charge in [0.15, 0.2) is 0 Å². The number of hydrogen-bond donors (Lipinski definition) is 1. The Morgan fingerprint density at radius 3 is 2.65 bits per heavy atom. The van der Waals surface area contributed by atoms with E-state index in [-0.39, 0.29) is 6.04 Å². The SMILES string of the molecule is CCNC(Cc1cc(C)ccc1C)c1ccc(Cl)cn1. The molecule has 106 valence electrons. The Morgan fingerprint density at radius 1 is 1.20 bits per heavy atom. The predicted octanol–water partition coefficient (Wildman–Crippen LogP) is 4.25. The van der Waals surface area contributed by atoms with Crippen LogP contribution in [0, 0.1) is 13.8 Å². The van der Waals surface area contributed by atoms with Gasteiger partial charge in [-0.3, -0.25) is 4.98 Å². The summed E-state index contributed by atoms with van der Waals surface area (Å²) in [5.74, 6) is 0. The van der Waals surface area contributed by atoms with Crippen LogP contribution in [-0.4, -0.2) is 11.5 Å². The van der Waals surface area contributed by atoms with Crippen LogP contribution in [0.4, 0.5) is 0 Å². The molecule has 2 aromatic rings. The second kappa shape index (κ2) is 6.87. The van der Waals surface area contributed by atoms with Crippen molar-refractivity contribution in [2.24, 2.45) is 0 Å². The van der Waals surface area contributed by atoms with Crippen molar-refractivity contribution in [3.05, 3.63) is 63.9 Å². The number of rotatable bonds is 5. The Labute approximate surface area is 126 Å². The van der Waals surface area contributed by atoms with Gasteiger partial charge in [0, 0.05) is 6.20 Å². The van der Waals surface area contributed by atoms with E-state index in [4.69, 9.17) is 11.6 Å². The molecule has 0 aliphatic carbocycles. The fraction of sp³-hybridized carbons (Fsp3) is 0.353. The van der Waals surface area contributed by atoms with Crippen LogP contribution in [0.5, 0.6) is 0 Å². The molecular formula is C17H21ClN2. The highest BCUT2D eigenvalue weighted by atomic mass is 35.5. The lowest BCUT2D eigenvalue weighted by Gasteiger charge is -2.19. The quantitative estimate of drug-likeness (QED) is 0.890. The van der Waals surface area contributed by atoms with Crippen LogP contribution in [0.2, 0.25) is 5.02 Å². The maximum Gasteiger partial charge on any atom is 0.0589 e. The summed E-state index contributed by atoms with van der Waals surface area (Å²) in [6, 6.07) is 10.7. The van der Waals surface area contributed by atoms with Crippen LogP contribution >= 0.6 is 11.6 Å². The average Bonchev–Trinajstić information content (AvgIpc) is 2.43. The highest BCUT2D eigenvalue weighted by molar-refractivity contribution is 6.30. The first-order valence-electron chi connectivity index (χ1n) is 7.01. The van der Waals surface area contributed by atoms with E-state index in [9.17, 15) is 0 Å². The van der Waals surface area contributed by atoms with Crippen LogP contribution in [0.15, 0.2) is 36.5 Å². The summed E-state index contributed by atoms with van der Waals surface area (Å²) < 4.78 is 0. The normalized spacial score (nSPS) is 12.4. The molecule has 0 spiro atoms. The van der Waals surface area contributed by atoms with Crippen molar-refractivity contribution in [2.45, 2.75) is 33.2 Å². The van der Waals surface area contributed by atoms with Gasteiger partial charge < -0.3 is 5.32 Å². The third kappa shape index (κ3) is 3.81. The molecule has 3 heteroatoms. The Hall–Kier alpha value is -1.38. The van der Waals surface area contributed by atoms with Gasteiger partial charge in [-0.25, -0.2) is 0 Å². The van der Waals surface area contributed by atoms with Crippen LogP contribution < -0.4 is 5.32 Å². The first-order valence-corrected chi connectivity index (χ1v) is 7.39. The molecule has 0 radical (unpaired) electrons. The van der Waals surface area contributed by atoms with Crippen molar-refractivity contribution in [1.29, 1.82) is 0 Å². The van der Waals surface area contributed by atoms with E-state index >= 15 is 0 Å². The van der Waals surface area contributed by atoms with Crippen molar-refractivity contribution in [1.82, 2.24) is 10.3 Å². The van der Waals surface area contributed by atoms with Crippen molar-refractivity contribution >= 4 is 11.6 Å². The van der Waals surface area contributed by atoms with Crippen LogP contribution in [-0.2, 0) is 6.42 Å². The maximum absolute atomic E-state index is 5.92. The number of halogens is 1. The Balaban J connectivity index is 2.25. The summed E-state index contributed by atoms with van der Waals surface area (Å²) in [5, 5.41) is 4.18. The van der Waals surface area contributed by atoms with Crippen molar-refractivity contribution in [2.75, 3.05) is 6.54 Å². The summed E-state index contributed by atoms with van der Waals surface area (Å²) in [6.07, 6.45) is 2.65. The highest BCUT2D eigenvalue weighted by Gasteiger charge is 2.14. The fourth-order valence-electron chi connectivity index (χ4n) is 2.36. The Bertz CT molecular complexity index is 564. The lowest BCUT2D eigenvalue weighted by atomic mass is 9.97. The fourth-order valence-corrected chi connectivity index (χ4v) is 2.47. The van der Waals surface area contributed by atoms with Gasteiger partial charge in [-0.05, 0) is 50.1 Å². The van der Waals surface area contributed by atoms with Crippen molar-refractivity contribution < 1.29 is 0 Å². The molecule has 1 N–H and O–H groups in total. The van der Waals surface area contributed by atoms with Gasteiger partial charge in [-0.1, -0.05) is 42.3 Å². The molecule has 0 fully saturated rings. The van der Waals surface area contributed by atoms with Crippen molar-refractivity contribution in [3.8, 4) is 0 Å². The van der Waals surface area contributed by atoms with Gasteiger partial charge in [0.25, 0.3) is 0 Å². The number of pyridine rings is 1. The Morgan fingerprint density at radius 2 is 2.00 bits per heavy atom. The molecule has 1 aromatic carbocycles. The molecule has 1 unspecified atom stereocenters. The zero-order valence-corrected chi connectivity index (χ0v) is 13.0. The van der Waals surface area contributed by atoms with Gasteiger partial charge >= 0.3 is 0 Å². The average molecular weight is 289 g/mol. The van der Waals surface area contributed by atoms with Crippen LogP contribution in [0.1, 0.15) is 35.3 Å². The summed E-state index contributed by atoms with van der Waals surface area (Å²) >= 11 is 5.92. The smallest absolute Gasteiger partial charge is 0.0589 e. The standard InChI is InChI=1S/C17H21ClN2/c1-4-19-17(16-8-7-15(18)11-20-16)10-14-9-12(2)5-6-13(14)3/h5-9,11,17,19H,4,10H2,1-3H3. The molecule has 0 saturated heterocycles. The largest absolute Gasteiger partial charge is 0.309 e. The maximum atomic E-state index is 5.92. The monoisotopic (exact) mass is 288 g/mol. The van der Waals surface area contributed by atoms with Crippen molar-refractivity contribution in [3.63, 3.8) is 0 Å². The molecule has 0 bridgehead atoms. The third-order valence-electron chi connectivity index (χ3n) is 3.49. The van der Waals surface area contributed by atoms with E-state index in [2.05, 4.69) is 49.3 Å². The molecule has 2 rings (SSSR count). The van der Waals surface area contributed by atoms with Crippen LogP contribution in [0.3, 0.4) is 0 Å².